The van der Waals surface area contributed by atoms with Crippen molar-refractivity contribution in [3.05, 3.63) is 29.0 Å². The molecule has 0 atom stereocenters. The molecule has 0 bridgehead atoms. The molecule has 0 saturated carbocycles. The van der Waals surface area contributed by atoms with Crippen LogP contribution in [0.1, 0.15) is 20.8 Å². The molecule has 0 amide bonds. The third-order valence-electron chi connectivity index (χ3n) is 2.82. The summed E-state index contributed by atoms with van der Waals surface area (Å²) in [6.45, 7) is 8.78. The van der Waals surface area contributed by atoms with Crippen LogP contribution in [0.25, 0.3) is 11.0 Å². The predicted octanol–water partition coefficient (Wildman–Crippen LogP) is 4.19. The molecule has 1 aromatic carbocycles. The first-order valence-electron chi connectivity index (χ1n) is 5.80. The first-order chi connectivity index (χ1) is 8.38. The van der Waals surface area contributed by atoms with Crippen LogP contribution in [0.3, 0.4) is 0 Å². The van der Waals surface area contributed by atoms with Crippen LogP contribution in [0.5, 0.6) is 5.75 Å². The molecule has 0 aliphatic carbocycles. The monoisotopic (exact) mass is 323 g/mol. The van der Waals surface area contributed by atoms with E-state index in [4.69, 9.17) is 4.43 Å². The molecule has 1 heterocycles. The second-order valence-electron chi connectivity index (χ2n) is 5.24. The number of benzene rings is 1. The van der Waals surface area contributed by atoms with Crippen LogP contribution < -0.4 is 4.43 Å². The Labute approximate surface area is 117 Å². The van der Waals surface area contributed by atoms with E-state index in [0.29, 0.717) is 0 Å². The number of rotatable bonds is 2. The molecule has 0 N–H and O–H groups in total. The fourth-order valence-electron chi connectivity index (χ4n) is 1.41. The van der Waals surface area contributed by atoms with Gasteiger partial charge < -0.3 is 4.43 Å². The average Bonchev–Trinajstić information content (AvgIpc) is 2.27. The topological polar surface area (TPSA) is 35.0 Å². The van der Waals surface area contributed by atoms with Gasteiger partial charge in [0.25, 0.3) is 9.04 Å². The van der Waals surface area contributed by atoms with Gasteiger partial charge in [0.2, 0.25) is 0 Å². The lowest BCUT2D eigenvalue weighted by atomic mass is 10.2. The molecule has 2 aromatic rings. The van der Waals surface area contributed by atoms with Crippen LogP contribution in [0.15, 0.2) is 29.0 Å². The normalized spacial score (nSPS) is 12.1. The Morgan fingerprint density at radius 3 is 2.50 bits per heavy atom. The minimum absolute atomic E-state index is 0.182. The van der Waals surface area contributed by atoms with Gasteiger partial charge in [-0.25, -0.2) is 4.98 Å². The van der Waals surface area contributed by atoms with Crippen LogP contribution in [-0.2, 0) is 0 Å². The summed E-state index contributed by atoms with van der Waals surface area (Å²) in [6.07, 6.45) is 3.39. The van der Waals surface area contributed by atoms with Gasteiger partial charge in [-0.2, -0.15) is 0 Å². The SMILES string of the molecule is C[Si](Oc1cc(Br)cc2nccnc12)C(C)(C)C. The van der Waals surface area contributed by atoms with Crippen LogP contribution in [0.4, 0.5) is 0 Å². The summed E-state index contributed by atoms with van der Waals surface area (Å²) in [5.74, 6) is 0.818. The molecule has 0 aliphatic rings. The van der Waals surface area contributed by atoms with Crippen molar-refractivity contribution in [2.24, 2.45) is 0 Å². The zero-order valence-corrected chi connectivity index (χ0v) is 13.6. The first kappa shape index (κ1) is 13.5. The highest BCUT2D eigenvalue weighted by molar-refractivity contribution is 9.10. The maximum atomic E-state index is 6.14. The average molecular weight is 324 g/mol. The van der Waals surface area contributed by atoms with Gasteiger partial charge in [0.1, 0.15) is 11.3 Å². The summed E-state index contributed by atoms with van der Waals surface area (Å²) < 4.78 is 7.11. The van der Waals surface area contributed by atoms with E-state index < -0.39 is 9.04 Å². The number of hydrogen-bond acceptors (Lipinski definition) is 3. The Bertz CT molecular complexity index is 568. The van der Waals surface area contributed by atoms with Crippen LogP contribution in [0.2, 0.25) is 11.6 Å². The zero-order chi connectivity index (χ0) is 13.3. The second-order valence-corrected chi connectivity index (χ2v) is 8.97. The lowest BCUT2D eigenvalue weighted by molar-refractivity contribution is 0.523. The van der Waals surface area contributed by atoms with E-state index in [1.807, 2.05) is 12.1 Å². The van der Waals surface area contributed by atoms with E-state index in [2.05, 4.69) is 53.2 Å². The van der Waals surface area contributed by atoms with Crippen molar-refractivity contribution in [1.82, 2.24) is 9.97 Å². The minimum Gasteiger partial charge on any atom is -0.540 e. The van der Waals surface area contributed by atoms with Gasteiger partial charge >= 0.3 is 0 Å². The number of hydrogen-bond donors (Lipinski definition) is 0. The van der Waals surface area contributed by atoms with Gasteiger partial charge in [-0.1, -0.05) is 36.7 Å². The highest BCUT2D eigenvalue weighted by Crippen LogP contribution is 2.32. The van der Waals surface area contributed by atoms with Crippen molar-refractivity contribution in [2.45, 2.75) is 32.4 Å². The first-order valence-corrected chi connectivity index (χ1v) is 8.50. The summed E-state index contributed by atoms with van der Waals surface area (Å²) in [7, 11) is -0.953. The Morgan fingerprint density at radius 1 is 1.17 bits per heavy atom. The maximum absolute atomic E-state index is 6.14. The van der Waals surface area contributed by atoms with E-state index in [1.54, 1.807) is 12.4 Å². The molecular weight excluding hydrogens is 308 g/mol. The molecule has 0 fully saturated rings. The lowest BCUT2D eigenvalue weighted by Gasteiger charge is -2.25. The maximum Gasteiger partial charge on any atom is 0.283 e. The van der Waals surface area contributed by atoms with Gasteiger partial charge in [0.05, 0.1) is 5.52 Å². The summed E-state index contributed by atoms with van der Waals surface area (Å²) in [5.41, 5.74) is 1.68. The van der Waals surface area contributed by atoms with Crippen LogP contribution >= 0.6 is 15.9 Å². The molecule has 18 heavy (non-hydrogen) atoms. The van der Waals surface area contributed by atoms with E-state index in [-0.39, 0.29) is 5.04 Å². The molecule has 1 radical (unpaired) electrons. The molecule has 2 rings (SSSR count). The van der Waals surface area contributed by atoms with Gasteiger partial charge in [0.15, 0.2) is 0 Å². The molecule has 0 unspecified atom stereocenters. The van der Waals surface area contributed by atoms with Crippen molar-refractivity contribution in [3.63, 3.8) is 0 Å². The lowest BCUT2D eigenvalue weighted by Crippen LogP contribution is -2.29. The molecule has 0 saturated heterocycles. The van der Waals surface area contributed by atoms with Gasteiger partial charge in [0, 0.05) is 16.9 Å². The molecule has 5 heteroatoms. The van der Waals surface area contributed by atoms with Crippen molar-refractivity contribution < 1.29 is 4.43 Å². The Kier molecular flexibility index (Phi) is 3.73. The third-order valence-corrected chi connectivity index (χ3v) is 5.92. The fraction of sp³-hybridized carbons (Fsp3) is 0.385. The van der Waals surface area contributed by atoms with Crippen LogP contribution in [0, 0.1) is 0 Å². The predicted molar refractivity (Wildman–Crippen MR) is 79.2 cm³/mol. The third kappa shape index (κ3) is 2.90. The molecule has 0 spiro atoms. The van der Waals surface area contributed by atoms with Gasteiger partial charge in [-0.3, -0.25) is 4.98 Å². The van der Waals surface area contributed by atoms with Crippen LogP contribution in [-0.4, -0.2) is 19.0 Å². The molecule has 95 valence electrons. The van der Waals surface area contributed by atoms with Gasteiger partial charge in [-0.05, 0) is 23.7 Å². The van der Waals surface area contributed by atoms with Crippen molar-refractivity contribution >= 4 is 36.0 Å². The number of aromatic nitrogens is 2. The summed E-state index contributed by atoms with van der Waals surface area (Å²) >= 11 is 3.49. The molecule has 3 nitrogen and oxygen atoms in total. The number of fused-ring (bicyclic) bond motifs is 1. The van der Waals surface area contributed by atoms with Crippen molar-refractivity contribution in [3.8, 4) is 5.75 Å². The largest absolute Gasteiger partial charge is 0.540 e. The second kappa shape index (κ2) is 4.97. The van der Waals surface area contributed by atoms with Crippen molar-refractivity contribution in [2.75, 3.05) is 0 Å². The fourth-order valence-corrected chi connectivity index (χ4v) is 2.62. The number of halogens is 1. The summed E-state index contributed by atoms with van der Waals surface area (Å²) in [6, 6.07) is 3.92. The zero-order valence-electron chi connectivity index (χ0n) is 11.0. The van der Waals surface area contributed by atoms with E-state index in [9.17, 15) is 0 Å². The highest BCUT2D eigenvalue weighted by Gasteiger charge is 2.26. The minimum atomic E-state index is -0.953. The van der Waals surface area contributed by atoms with E-state index in [0.717, 1.165) is 21.3 Å². The van der Waals surface area contributed by atoms with E-state index >= 15 is 0 Å². The Morgan fingerprint density at radius 2 is 1.83 bits per heavy atom. The van der Waals surface area contributed by atoms with Crippen molar-refractivity contribution in [1.29, 1.82) is 0 Å². The smallest absolute Gasteiger partial charge is 0.283 e. The highest BCUT2D eigenvalue weighted by atomic mass is 79.9. The number of nitrogens with zero attached hydrogens (tertiary/aromatic N) is 2. The van der Waals surface area contributed by atoms with E-state index in [1.165, 1.54) is 0 Å². The summed E-state index contributed by atoms with van der Waals surface area (Å²) in [4.78, 5) is 8.68. The summed E-state index contributed by atoms with van der Waals surface area (Å²) in [5, 5.41) is 0.182. The standard InChI is InChI=1S/C13H16BrN2OSi/c1-13(2,3)18(4)17-11-8-9(14)7-10-12(11)16-6-5-15-10/h5-8H,1-4H3. The van der Waals surface area contributed by atoms with Gasteiger partial charge in [-0.15, -0.1) is 0 Å². The molecule has 1 aromatic heterocycles. The molecule has 0 aliphatic heterocycles. The Balaban J connectivity index is 2.44. The molecular formula is C13H16BrN2OSi. The Hall–Kier alpha value is -0.943. The quantitative estimate of drug-likeness (QED) is 0.777.